The van der Waals surface area contributed by atoms with Gasteiger partial charge in [-0.25, -0.2) is 4.79 Å². The van der Waals surface area contributed by atoms with Crippen molar-refractivity contribution in [1.29, 1.82) is 0 Å². The molecule has 0 saturated carbocycles. The lowest BCUT2D eigenvalue weighted by molar-refractivity contribution is 0.0302. The summed E-state index contributed by atoms with van der Waals surface area (Å²) in [6.45, 7) is 1.65. The van der Waals surface area contributed by atoms with Gasteiger partial charge in [0, 0.05) is 41.3 Å². The molecule has 29 heavy (non-hydrogen) atoms. The molecular formula is C21H20ClN3O4. The number of methoxy groups -OCH3 is 1. The Bertz CT molecular complexity index is 1100. The molecule has 0 radical (unpaired) electrons. The van der Waals surface area contributed by atoms with Crippen LogP contribution in [-0.4, -0.2) is 53.5 Å². The maximum absolute atomic E-state index is 11.5. The molecule has 150 valence electrons. The highest BCUT2D eigenvalue weighted by atomic mass is 35.5. The van der Waals surface area contributed by atoms with Crippen molar-refractivity contribution in [2.75, 3.05) is 25.1 Å². The zero-order chi connectivity index (χ0) is 20.1. The van der Waals surface area contributed by atoms with Gasteiger partial charge in [0.25, 0.3) is 0 Å². The van der Waals surface area contributed by atoms with Crippen molar-refractivity contribution >= 4 is 34.3 Å². The molecule has 2 aromatic heterocycles. The fourth-order valence-corrected chi connectivity index (χ4v) is 4.56. The van der Waals surface area contributed by atoms with Crippen molar-refractivity contribution in [2.45, 2.75) is 25.0 Å². The summed E-state index contributed by atoms with van der Waals surface area (Å²) in [7, 11) is 1.57. The lowest BCUT2D eigenvalue weighted by Crippen LogP contribution is -2.43. The van der Waals surface area contributed by atoms with Crippen molar-refractivity contribution in [3.63, 3.8) is 0 Å². The number of anilines is 1. The van der Waals surface area contributed by atoms with Gasteiger partial charge in [-0.3, -0.25) is 0 Å². The molecule has 0 amide bonds. The zero-order valence-electron chi connectivity index (χ0n) is 15.8. The first-order valence-electron chi connectivity index (χ1n) is 9.53. The molecule has 5 rings (SSSR count). The normalized spacial score (nSPS) is 21.0. The highest BCUT2D eigenvalue weighted by Gasteiger charge is 2.34. The smallest absolute Gasteiger partial charge is 0.337 e. The number of pyridine rings is 1. The highest BCUT2D eigenvalue weighted by molar-refractivity contribution is 6.34. The second-order valence-electron chi connectivity index (χ2n) is 7.47. The third kappa shape index (κ3) is 3.10. The molecule has 2 aliphatic rings. The first kappa shape index (κ1) is 18.3. The number of carboxylic acid groups (broad SMARTS) is 1. The Kier molecular flexibility index (Phi) is 4.37. The minimum atomic E-state index is -0.994. The van der Waals surface area contributed by atoms with Gasteiger partial charge in [-0.05, 0) is 37.1 Å². The summed E-state index contributed by atoms with van der Waals surface area (Å²) in [5, 5.41) is 10.5. The van der Waals surface area contributed by atoms with E-state index in [0.717, 1.165) is 37.3 Å². The molecule has 2 fully saturated rings. The van der Waals surface area contributed by atoms with Crippen LogP contribution in [0.1, 0.15) is 23.2 Å². The molecule has 0 spiro atoms. The van der Waals surface area contributed by atoms with Crippen LogP contribution in [0.4, 0.5) is 5.82 Å². The summed E-state index contributed by atoms with van der Waals surface area (Å²) in [4.78, 5) is 21.4. The van der Waals surface area contributed by atoms with Crippen molar-refractivity contribution in [3.8, 4) is 17.0 Å². The van der Waals surface area contributed by atoms with E-state index in [1.807, 2.05) is 12.1 Å². The molecule has 4 heterocycles. The van der Waals surface area contributed by atoms with E-state index in [0.29, 0.717) is 27.4 Å². The van der Waals surface area contributed by atoms with Gasteiger partial charge >= 0.3 is 5.97 Å². The second-order valence-corrected chi connectivity index (χ2v) is 7.88. The summed E-state index contributed by atoms with van der Waals surface area (Å²) in [6.07, 6.45) is 4.18. The molecule has 3 aromatic rings. The second kappa shape index (κ2) is 6.93. The summed E-state index contributed by atoms with van der Waals surface area (Å²) >= 11 is 6.51. The topological polar surface area (TPSA) is 87.7 Å². The first-order valence-corrected chi connectivity index (χ1v) is 9.91. The number of aromatic amines is 1. The van der Waals surface area contributed by atoms with Crippen LogP contribution in [0.2, 0.25) is 5.02 Å². The number of hydrogen-bond acceptors (Lipinski definition) is 5. The van der Waals surface area contributed by atoms with Crippen molar-refractivity contribution in [1.82, 2.24) is 9.97 Å². The number of aromatic carboxylic acids is 1. The van der Waals surface area contributed by atoms with E-state index in [4.69, 9.17) is 26.1 Å². The van der Waals surface area contributed by atoms with Crippen LogP contribution in [0, 0.1) is 0 Å². The van der Waals surface area contributed by atoms with Gasteiger partial charge in [0.05, 0.1) is 29.9 Å². The minimum Gasteiger partial charge on any atom is -0.480 e. The molecular weight excluding hydrogens is 394 g/mol. The number of rotatable bonds is 4. The number of H-pyrrole nitrogens is 1. The van der Waals surface area contributed by atoms with Crippen molar-refractivity contribution in [3.05, 3.63) is 41.0 Å². The Labute approximate surface area is 172 Å². The van der Waals surface area contributed by atoms with Crippen LogP contribution in [0.15, 0.2) is 30.5 Å². The molecule has 1 aromatic carbocycles. The number of morpholine rings is 1. The standard InChI is InChI=1S/C21H20ClN3O4/c1-28-20-13(4-5-19(24-20)25-9-11-2-3-12(10-25)29-11)14-6-15-16(21(26)27)8-23-18(15)7-17(14)22/h4-8,11-12,23H,2-3,9-10H2,1H3,(H,26,27)/t11-,12+. The number of carboxylic acids is 1. The van der Waals surface area contributed by atoms with E-state index >= 15 is 0 Å². The largest absolute Gasteiger partial charge is 0.480 e. The highest BCUT2D eigenvalue weighted by Crippen LogP contribution is 2.39. The van der Waals surface area contributed by atoms with E-state index < -0.39 is 5.97 Å². The number of aromatic nitrogens is 2. The third-order valence-electron chi connectivity index (χ3n) is 5.70. The van der Waals surface area contributed by atoms with Crippen LogP contribution in [0.25, 0.3) is 22.0 Å². The summed E-state index contributed by atoms with van der Waals surface area (Å²) < 4.78 is 11.5. The SMILES string of the molecule is COc1nc(N2C[C@H]3CC[C@@H](C2)O3)ccc1-c1cc2c(C(=O)O)c[nH]c2cc1Cl. The number of halogens is 1. The number of ether oxygens (including phenoxy) is 2. The predicted octanol–water partition coefficient (Wildman–Crippen LogP) is 3.96. The van der Waals surface area contributed by atoms with Gasteiger partial charge < -0.3 is 24.5 Å². The molecule has 2 N–H and O–H groups in total. The molecule has 0 unspecified atom stereocenters. The Morgan fingerprint density at radius 3 is 2.72 bits per heavy atom. The average Bonchev–Trinajstić information content (AvgIpc) is 3.28. The molecule has 2 atom stereocenters. The lowest BCUT2D eigenvalue weighted by Gasteiger charge is -2.33. The van der Waals surface area contributed by atoms with Crippen LogP contribution >= 0.6 is 11.6 Å². The molecule has 2 aliphatic heterocycles. The Hall–Kier alpha value is -2.77. The van der Waals surface area contributed by atoms with E-state index in [1.54, 1.807) is 19.2 Å². The zero-order valence-corrected chi connectivity index (χ0v) is 16.6. The van der Waals surface area contributed by atoms with Crippen LogP contribution in [-0.2, 0) is 4.74 Å². The quantitative estimate of drug-likeness (QED) is 0.673. The molecule has 8 heteroatoms. The number of benzene rings is 1. The van der Waals surface area contributed by atoms with Crippen LogP contribution < -0.4 is 9.64 Å². The summed E-state index contributed by atoms with van der Waals surface area (Å²) in [5.41, 5.74) is 2.27. The monoisotopic (exact) mass is 413 g/mol. The molecule has 2 bridgehead atoms. The van der Waals surface area contributed by atoms with E-state index in [9.17, 15) is 9.90 Å². The number of fused-ring (bicyclic) bond motifs is 3. The van der Waals surface area contributed by atoms with E-state index in [2.05, 4.69) is 9.88 Å². The molecule has 0 aliphatic carbocycles. The maximum Gasteiger partial charge on any atom is 0.337 e. The fraction of sp³-hybridized carbons (Fsp3) is 0.333. The predicted molar refractivity (Wildman–Crippen MR) is 110 cm³/mol. The van der Waals surface area contributed by atoms with Gasteiger partial charge in [0.15, 0.2) is 0 Å². The summed E-state index contributed by atoms with van der Waals surface area (Å²) in [6, 6.07) is 7.38. The molecule has 2 saturated heterocycles. The van der Waals surface area contributed by atoms with Gasteiger partial charge in [-0.15, -0.1) is 0 Å². The average molecular weight is 414 g/mol. The van der Waals surface area contributed by atoms with Crippen LogP contribution in [0.5, 0.6) is 5.88 Å². The number of nitrogens with one attached hydrogen (secondary N) is 1. The van der Waals surface area contributed by atoms with Gasteiger partial charge in [0.2, 0.25) is 5.88 Å². The fourth-order valence-electron chi connectivity index (χ4n) is 4.30. The Balaban J connectivity index is 1.56. The number of hydrogen-bond donors (Lipinski definition) is 2. The van der Waals surface area contributed by atoms with E-state index in [-0.39, 0.29) is 17.8 Å². The number of nitrogens with zero attached hydrogens (tertiary/aromatic N) is 2. The maximum atomic E-state index is 11.5. The van der Waals surface area contributed by atoms with Crippen molar-refractivity contribution in [2.24, 2.45) is 0 Å². The Morgan fingerprint density at radius 2 is 2.03 bits per heavy atom. The van der Waals surface area contributed by atoms with E-state index in [1.165, 1.54) is 6.20 Å². The van der Waals surface area contributed by atoms with Gasteiger partial charge in [-0.1, -0.05) is 11.6 Å². The van der Waals surface area contributed by atoms with Crippen molar-refractivity contribution < 1.29 is 19.4 Å². The van der Waals surface area contributed by atoms with Gasteiger partial charge in [0.1, 0.15) is 5.82 Å². The first-order chi connectivity index (χ1) is 14.0. The summed E-state index contributed by atoms with van der Waals surface area (Å²) in [5.74, 6) is 0.303. The molecule has 7 nitrogen and oxygen atoms in total. The lowest BCUT2D eigenvalue weighted by atomic mass is 10.0. The Morgan fingerprint density at radius 1 is 1.28 bits per heavy atom. The third-order valence-corrected chi connectivity index (χ3v) is 6.01. The van der Waals surface area contributed by atoms with Crippen LogP contribution in [0.3, 0.4) is 0 Å². The number of carbonyl (C=O) groups is 1. The minimum absolute atomic E-state index is 0.199. The van der Waals surface area contributed by atoms with Gasteiger partial charge in [-0.2, -0.15) is 4.98 Å².